The van der Waals surface area contributed by atoms with E-state index in [9.17, 15) is 0 Å². The van der Waals surface area contributed by atoms with Gasteiger partial charge in [0.2, 0.25) is 0 Å². The third-order valence-corrected chi connectivity index (χ3v) is 1.18. The first-order valence-electron chi connectivity index (χ1n) is 2.66. The van der Waals surface area contributed by atoms with Crippen molar-refractivity contribution in [2.24, 2.45) is 0 Å². The Morgan fingerprint density at radius 1 is 1.50 bits per heavy atom. The van der Waals surface area contributed by atoms with Gasteiger partial charge in [0.05, 0.1) is 0 Å². The van der Waals surface area contributed by atoms with Gasteiger partial charge in [-0.1, -0.05) is 0 Å². The van der Waals surface area contributed by atoms with Crippen molar-refractivity contribution >= 4 is 11.1 Å². The maximum Gasteiger partial charge on any atom is 0.165 e. The van der Waals surface area contributed by atoms with Gasteiger partial charge in [0, 0.05) is 26.6 Å². The summed E-state index contributed by atoms with van der Waals surface area (Å²) in [5.41, 5.74) is 1.67. The molecule has 0 bridgehead atoms. The summed E-state index contributed by atoms with van der Waals surface area (Å²) in [6, 6.07) is 8.32. The van der Waals surface area contributed by atoms with Crippen molar-refractivity contribution < 1.29 is 25.5 Å². The molecule has 1 aromatic carbocycles. The summed E-state index contributed by atoms with van der Waals surface area (Å²) in [4.78, 5) is 3.93. The summed E-state index contributed by atoms with van der Waals surface area (Å²) in [5, 5.41) is 0. The molecule has 50 valence electrons. The molecule has 0 atom stereocenters. The minimum Gasteiger partial charge on any atom is -0.506 e. The molecule has 0 aliphatic carbocycles. The SMILES string of the molecule is [W].[c-]1ccc2ncoc2c1. The third kappa shape index (κ3) is 1.12. The van der Waals surface area contributed by atoms with Crippen LogP contribution in [0.4, 0.5) is 0 Å². The molecule has 0 aliphatic rings. The Morgan fingerprint density at radius 2 is 2.40 bits per heavy atom. The normalized spacial score (nSPS) is 9.20. The van der Waals surface area contributed by atoms with Crippen LogP contribution in [0.15, 0.2) is 29.0 Å². The topological polar surface area (TPSA) is 26.0 Å². The van der Waals surface area contributed by atoms with E-state index in [0.29, 0.717) is 0 Å². The molecule has 1 heterocycles. The van der Waals surface area contributed by atoms with E-state index in [0.717, 1.165) is 11.1 Å². The predicted molar refractivity (Wildman–Crippen MR) is 32.8 cm³/mol. The molecule has 0 saturated carbocycles. The average Bonchev–Trinajstić information content (AvgIpc) is 2.33. The molecule has 2 nitrogen and oxygen atoms in total. The van der Waals surface area contributed by atoms with Crippen molar-refractivity contribution in [2.45, 2.75) is 0 Å². The van der Waals surface area contributed by atoms with Crippen LogP contribution in [0.1, 0.15) is 0 Å². The zero-order valence-electron chi connectivity index (χ0n) is 5.07. The van der Waals surface area contributed by atoms with Crippen LogP contribution in [0, 0.1) is 6.07 Å². The zero-order valence-corrected chi connectivity index (χ0v) is 8.01. The van der Waals surface area contributed by atoms with Crippen LogP contribution in [0.5, 0.6) is 0 Å². The van der Waals surface area contributed by atoms with E-state index in [4.69, 9.17) is 4.42 Å². The summed E-state index contributed by atoms with van der Waals surface area (Å²) in [6.45, 7) is 0. The number of oxazole rings is 1. The molecule has 0 saturated heterocycles. The fourth-order valence-corrected chi connectivity index (χ4v) is 0.748. The van der Waals surface area contributed by atoms with Gasteiger partial charge in [0.25, 0.3) is 0 Å². The fourth-order valence-electron chi connectivity index (χ4n) is 0.748. The molecule has 2 rings (SSSR count). The minimum absolute atomic E-state index is 0. The minimum atomic E-state index is 0. The molecule has 0 radical (unpaired) electrons. The van der Waals surface area contributed by atoms with E-state index < -0.39 is 0 Å². The summed E-state index contributed by atoms with van der Waals surface area (Å²) < 4.78 is 4.98. The molecule has 3 heteroatoms. The second kappa shape index (κ2) is 2.98. The maximum absolute atomic E-state index is 4.98. The first-order valence-corrected chi connectivity index (χ1v) is 2.66. The molecular formula is C7H4NOW-. The molecular weight excluding hydrogens is 298 g/mol. The number of aromatic nitrogens is 1. The smallest absolute Gasteiger partial charge is 0.165 e. The molecule has 0 N–H and O–H groups in total. The summed E-state index contributed by atoms with van der Waals surface area (Å²) in [7, 11) is 0. The molecule has 0 aliphatic heterocycles. The Kier molecular flexibility index (Phi) is 2.23. The first-order chi connectivity index (χ1) is 4.47. The molecule has 0 amide bonds. The van der Waals surface area contributed by atoms with Crippen LogP contribution in [0.25, 0.3) is 11.1 Å². The number of hydrogen-bond donors (Lipinski definition) is 0. The molecule has 0 fully saturated rings. The zero-order chi connectivity index (χ0) is 6.10. The standard InChI is InChI=1S/C7H4NO.W/c1-2-4-7-6(3-1)8-5-9-7;/h1,3-5H;/q-1;. The quantitative estimate of drug-likeness (QED) is 0.691. The van der Waals surface area contributed by atoms with Gasteiger partial charge in [0.1, 0.15) is 0 Å². The van der Waals surface area contributed by atoms with Crippen LogP contribution in [0.2, 0.25) is 0 Å². The summed E-state index contributed by atoms with van der Waals surface area (Å²) in [6.07, 6.45) is 1.43. The second-order valence-electron chi connectivity index (χ2n) is 1.75. The molecule has 2 aromatic rings. The largest absolute Gasteiger partial charge is 0.506 e. The first kappa shape index (κ1) is 7.48. The van der Waals surface area contributed by atoms with Crippen LogP contribution in [-0.4, -0.2) is 4.98 Å². The Bertz CT molecular complexity index is 288. The monoisotopic (exact) mass is 302 g/mol. The van der Waals surface area contributed by atoms with Crippen molar-refractivity contribution in [3.63, 3.8) is 0 Å². The average molecular weight is 302 g/mol. The predicted octanol–water partition coefficient (Wildman–Crippen LogP) is 1.63. The van der Waals surface area contributed by atoms with Crippen molar-refractivity contribution in [1.29, 1.82) is 0 Å². The van der Waals surface area contributed by atoms with Gasteiger partial charge < -0.3 is 4.42 Å². The van der Waals surface area contributed by atoms with Crippen molar-refractivity contribution in [3.8, 4) is 0 Å². The van der Waals surface area contributed by atoms with Crippen molar-refractivity contribution in [1.82, 2.24) is 4.98 Å². The van der Waals surface area contributed by atoms with E-state index in [1.165, 1.54) is 6.39 Å². The molecule has 10 heavy (non-hydrogen) atoms. The van der Waals surface area contributed by atoms with Gasteiger partial charge in [-0.2, -0.15) is 12.1 Å². The summed E-state index contributed by atoms with van der Waals surface area (Å²) in [5.74, 6) is 0. The van der Waals surface area contributed by atoms with Gasteiger partial charge in [-0.15, -0.1) is 12.1 Å². The molecule has 0 unspecified atom stereocenters. The van der Waals surface area contributed by atoms with Crippen LogP contribution < -0.4 is 0 Å². The van der Waals surface area contributed by atoms with Crippen LogP contribution >= 0.6 is 0 Å². The molecule has 0 spiro atoms. The van der Waals surface area contributed by atoms with E-state index in [1.807, 2.05) is 12.1 Å². The Balaban J connectivity index is 0.000000500. The maximum atomic E-state index is 4.98. The Hall–Kier alpha value is -0.622. The summed E-state index contributed by atoms with van der Waals surface area (Å²) >= 11 is 0. The molecule has 1 aromatic heterocycles. The number of fused-ring (bicyclic) bond motifs is 1. The fraction of sp³-hybridized carbons (Fsp3) is 0. The Morgan fingerprint density at radius 3 is 3.20 bits per heavy atom. The van der Waals surface area contributed by atoms with Crippen LogP contribution in [0.3, 0.4) is 0 Å². The van der Waals surface area contributed by atoms with Gasteiger partial charge >= 0.3 is 0 Å². The van der Waals surface area contributed by atoms with E-state index in [-0.39, 0.29) is 21.1 Å². The number of hydrogen-bond acceptors (Lipinski definition) is 2. The van der Waals surface area contributed by atoms with Gasteiger partial charge in [-0.3, -0.25) is 0 Å². The van der Waals surface area contributed by atoms with Gasteiger partial charge in [-0.05, 0) is 5.52 Å². The van der Waals surface area contributed by atoms with Crippen LogP contribution in [-0.2, 0) is 21.1 Å². The van der Waals surface area contributed by atoms with E-state index in [1.54, 1.807) is 6.07 Å². The number of nitrogens with zero attached hydrogens (tertiary/aromatic N) is 1. The van der Waals surface area contributed by atoms with Gasteiger partial charge in [0.15, 0.2) is 6.39 Å². The van der Waals surface area contributed by atoms with E-state index >= 15 is 0 Å². The third-order valence-electron chi connectivity index (χ3n) is 1.18. The number of benzene rings is 1. The number of rotatable bonds is 0. The van der Waals surface area contributed by atoms with E-state index in [2.05, 4.69) is 11.1 Å². The Labute approximate surface area is 72.5 Å². The van der Waals surface area contributed by atoms with Crippen molar-refractivity contribution in [2.75, 3.05) is 0 Å². The van der Waals surface area contributed by atoms with Crippen molar-refractivity contribution in [3.05, 3.63) is 30.7 Å². The second-order valence-corrected chi connectivity index (χ2v) is 1.75. The van der Waals surface area contributed by atoms with Gasteiger partial charge in [-0.25, -0.2) is 4.98 Å².